The molecule has 0 saturated heterocycles. The van der Waals surface area contributed by atoms with E-state index in [0.717, 1.165) is 29.3 Å². The van der Waals surface area contributed by atoms with E-state index in [9.17, 15) is 0 Å². The highest BCUT2D eigenvalue weighted by Crippen LogP contribution is 2.31. The zero-order valence-electron chi connectivity index (χ0n) is 13.4. The molecule has 0 bridgehead atoms. The van der Waals surface area contributed by atoms with Gasteiger partial charge in [0.05, 0.1) is 5.04 Å². The number of aromatic nitrogens is 4. The number of thioether (sulfide) groups is 1. The van der Waals surface area contributed by atoms with E-state index in [1.54, 1.807) is 24.3 Å². The second-order valence-electron chi connectivity index (χ2n) is 5.16. The Labute approximate surface area is 143 Å². The molecule has 0 aromatic carbocycles. The molecule has 2 aromatic heterocycles. The van der Waals surface area contributed by atoms with Crippen molar-refractivity contribution in [2.45, 2.75) is 45.4 Å². The number of rotatable bonds is 4. The number of aryl methyl sites for hydroxylation is 1. The normalized spacial score (nSPS) is 18.6. The topological polar surface area (TPSA) is 71.6 Å². The number of aliphatic imine (C=N–C) groups is 1. The lowest BCUT2D eigenvalue weighted by Gasteiger charge is -2.23. The minimum atomic E-state index is 0.255. The Morgan fingerprint density at radius 1 is 1.35 bits per heavy atom. The van der Waals surface area contributed by atoms with Gasteiger partial charge in [0.2, 0.25) is 11.1 Å². The van der Waals surface area contributed by atoms with E-state index in [2.05, 4.69) is 32.2 Å². The summed E-state index contributed by atoms with van der Waals surface area (Å²) in [7, 11) is 0. The molecular weight excluding hydrogens is 330 g/mol. The predicted molar refractivity (Wildman–Crippen MR) is 95.2 cm³/mol. The lowest BCUT2D eigenvalue weighted by Crippen LogP contribution is -2.35. The fourth-order valence-electron chi connectivity index (χ4n) is 2.24. The van der Waals surface area contributed by atoms with Crippen LogP contribution < -0.4 is 0 Å². The third-order valence-electron chi connectivity index (χ3n) is 3.28. The first-order valence-electron chi connectivity index (χ1n) is 7.55. The Hall–Kier alpha value is -1.74. The molecule has 7 nitrogen and oxygen atoms in total. The van der Waals surface area contributed by atoms with E-state index in [4.69, 9.17) is 0 Å². The van der Waals surface area contributed by atoms with Crippen molar-refractivity contribution >= 4 is 39.2 Å². The maximum atomic E-state index is 4.69. The van der Waals surface area contributed by atoms with Crippen LogP contribution in [0.2, 0.25) is 0 Å². The van der Waals surface area contributed by atoms with Crippen LogP contribution >= 0.6 is 23.1 Å². The highest BCUT2D eigenvalue weighted by atomic mass is 32.2. The second kappa shape index (κ2) is 7.22. The Bertz CT molecular complexity index is 705. The van der Waals surface area contributed by atoms with Crippen LogP contribution in [0.25, 0.3) is 0 Å². The second-order valence-corrected chi connectivity index (χ2v) is 7.69. The van der Waals surface area contributed by atoms with Gasteiger partial charge in [-0.05, 0) is 20.3 Å². The quantitative estimate of drug-likeness (QED) is 0.624. The molecule has 1 aliphatic heterocycles. The molecule has 0 unspecified atom stereocenters. The Kier molecular flexibility index (Phi) is 5.06. The average molecular weight is 349 g/mol. The summed E-state index contributed by atoms with van der Waals surface area (Å²) in [5.41, 5.74) is 0. The number of hydrazone groups is 1. The zero-order valence-corrected chi connectivity index (χ0v) is 15.0. The first-order chi connectivity index (χ1) is 11.2. The minimum absolute atomic E-state index is 0.255. The molecule has 0 N–H and O–H groups in total. The van der Waals surface area contributed by atoms with Gasteiger partial charge in [0.1, 0.15) is 16.7 Å². The highest BCUT2D eigenvalue weighted by molar-refractivity contribution is 8.14. The van der Waals surface area contributed by atoms with Crippen molar-refractivity contribution < 1.29 is 0 Å². The molecule has 0 radical (unpaired) electrons. The SMILES string of the molecule is CCCC[C@@H]1SC(C)=NN1C(=Nc1nnc(C)s1)n1ccnc1. The van der Waals surface area contributed by atoms with Crippen LogP contribution in [0, 0.1) is 6.92 Å². The maximum Gasteiger partial charge on any atom is 0.235 e. The number of imidazole rings is 1. The van der Waals surface area contributed by atoms with E-state index >= 15 is 0 Å². The van der Waals surface area contributed by atoms with E-state index in [1.165, 1.54) is 11.3 Å². The molecule has 0 saturated carbocycles. The fourth-order valence-corrected chi connectivity index (χ4v) is 3.85. The molecule has 1 atom stereocenters. The van der Waals surface area contributed by atoms with Gasteiger partial charge in [-0.25, -0.2) is 9.99 Å². The standard InChI is InChI=1S/C14H19N7S2/c1-4-5-6-12-21(19-11(3)22-12)14(20-8-7-15-9-20)16-13-18-17-10(2)23-13/h7-9,12H,4-6H2,1-3H3/t12-/m0/s1. The molecule has 0 aliphatic carbocycles. The van der Waals surface area contributed by atoms with Crippen LogP contribution in [0.5, 0.6) is 0 Å². The van der Waals surface area contributed by atoms with Crippen molar-refractivity contribution in [1.82, 2.24) is 24.8 Å². The monoisotopic (exact) mass is 349 g/mol. The number of unbranched alkanes of at least 4 members (excludes halogenated alkanes) is 1. The first kappa shape index (κ1) is 16.1. The van der Waals surface area contributed by atoms with Crippen LogP contribution in [0.3, 0.4) is 0 Å². The van der Waals surface area contributed by atoms with E-state index in [0.29, 0.717) is 11.1 Å². The molecule has 0 fully saturated rings. The third kappa shape index (κ3) is 3.78. The molecule has 3 rings (SSSR count). The Morgan fingerprint density at radius 3 is 2.87 bits per heavy atom. The van der Waals surface area contributed by atoms with Gasteiger partial charge in [-0.2, -0.15) is 10.1 Å². The molecule has 0 spiro atoms. The van der Waals surface area contributed by atoms with E-state index in [-0.39, 0.29) is 5.37 Å². The summed E-state index contributed by atoms with van der Waals surface area (Å²) in [5, 5.41) is 17.6. The summed E-state index contributed by atoms with van der Waals surface area (Å²) in [4.78, 5) is 8.82. The summed E-state index contributed by atoms with van der Waals surface area (Å²) in [6.45, 7) is 6.16. The van der Waals surface area contributed by atoms with Crippen molar-refractivity contribution in [1.29, 1.82) is 0 Å². The first-order valence-corrected chi connectivity index (χ1v) is 9.25. The summed E-state index contributed by atoms with van der Waals surface area (Å²) in [6.07, 6.45) is 8.73. The lowest BCUT2D eigenvalue weighted by molar-refractivity contribution is 0.391. The summed E-state index contributed by atoms with van der Waals surface area (Å²) >= 11 is 3.25. The number of hydrogen-bond donors (Lipinski definition) is 0. The van der Waals surface area contributed by atoms with Crippen LogP contribution in [-0.2, 0) is 0 Å². The number of hydrogen-bond acceptors (Lipinski definition) is 7. The zero-order chi connectivity index (χ0) is 16.2. The largest absolute Gasteiger partial charge is 0.275 e. The molecule has 3 heterocycles. The van der Waals surface area contributed by atoms with Gasteiger partial charge >= 0.3 is 0 Å². The minimum Gasteiger partial charge on any atom is -0.275 e. The number of nitrogens with zero attached hydrogens (tertiary/aromatic N) is 7. The molecule has 2 aromatic rings. The molecular formula is C14H19N7S2. The maximum absolute atomic E-state index is 4.69. The summed E-state index contributed by atoms with van der Waals surface area (Å²) in [5.74, 6) is 0.712. The van der Waals surface area contributed by atoms with Crippen molar-refractivity contribution in [3.05, 3.63) is 23.7 Å². The fraction of sp³-hybridized carbons (Fsp3) is 0.500. The van der Waals surface area contributed by atoms with Crippen molar-refractivity contribution in [2.75, 3.05) is 0 Å². The Balaban J connectivity index is 1.96. The summed E-state index contributed by atoms with van der Waals surface area (Å²) in [6, 6.07) is 0. The van der Waals surface area contributed by atoms with Gasteiger partial charge in [-0.15, -0.1) is 10.2 Å². The lowest BCUT2D eigenvalue weighted by atomic mass is 10.2. The van der Waals surface area contributed by atoms with Crippen molar-refractivity contribution in [3.63, 3.8) is 0 Å². The highest BCUT2D eigenvalue weighted by Gasteiger charge is 2.30. The van der Waals surface area contributed by atoms with Crippen LogP contribution in [0.4, 0.5) is 5.13 Å². The molecule has 9 heteroatoms. The molecule has 122 valence electrons. The molecule has 0 amide bonds. The van der Waals surface area contributed by atoms with Gasteiger partial charge < -0.3 is 0 Å². The smallest absolute Gasteiger partial charge is 0.235 e. The molecule has 1 aliphatic rings. The van der Waals surface area contributed by atoms with Gasteiger partial charge in [0.15, 0.2) is 0 Å². The van der Waals surface area contributed by atoms with Gasteiger partial charge in [-0.3, -0.25) is 4.57 Å². The predicted octanol–water partition coefficient (Wildman–Crippen LogP) is 3.48. The third-order valence-corrected chi connectivity index (χ3v) is 5.15. The van der Waals surface area contributed by atoms with Gasteiger partial charge in [0, 0.05) is 12.4 Å². The van der Waals surface area contributed by atoms with Gasteiger partial charge in [0.25, 0.3) is 0 Å². The van der Waals surface area contributed by atoms with Crippen LogP contribution in [0.15, 0.2) is 28.8 Å². The summed E-state index contributed by atoms with van der Waals surface area (Å²) < 4.78 is 1.87. The average Bonchev–Trinajstić information content (AvgIpc) is 3.24. The van der Waals surface area contributed by atoms with E-state index in [1.807, 2.05) is 29.6 Å². The van der Waals surface area contributed by atoms with E-state index < -0.39 is 0 Å². The Morgan fingerprint density at radius 2 is 2.22 bits per heavy atom. The van der Waals surface area contributed by atoms with Crippen LogP contribution in [0.1, 0.15) is 38.1 Å². The van der Waals surface area contributed by atoms with Crippen molar-refractivity contribution in [3.8, 4) is 0 Å². The van der Waals surface area contributed by atoms with Crippen molar-refractivity contribution in [2.24, 2.45) is 10.1 Å². The van der Waals surface area contributed by atoms with Gasteiger partial charge in [-0.1, -0.05) is 42.9 Å². The van der Waals surface area contributed by atoms with Crippen LogP contribution in [-0.4, -0.2) is 41.1 Å². The molecule has 23 heavy (non-hydrogen) atoms.